The predicted molar refractivity (Wildman–Crippen MR) is 98.5 cm³/mol. The molecule has 1 heterocycles. The predicted octanol–water partition coefficient (Wildman–Crippen LogP) is 4.48. The minimum Gasteiger partial charge on any atom is -0.489 e. The number of hydrogen-bond donors (Lipinski definition) is 0. The van der Waals surface area contributed by atoms with Gasteiger partial charge in [0.05, 0.1) is 6.61 Å². The van der Waals surface area contributed by atoms with Crippen molar-refractivity contribution in [3.63, 3.8) is 0 Å². The van der Waals surface area contributed by atoms with E-state index in [4.69, 9.17) is 10.3 Å². The molecule has 1 aromatic rings. The van der Waals surface area contributed by atoms with Crippen molar-refractivity contribution in [1.82, 2.24) is 4.90 Å². The van der Waals surface area contributed by atoms with Crippen LogP contribution in [0.1, 0.15) is 44.1 Å². The minimum absolute atomic E-state index is 0.00324. The lowest BCUT2D eigenvalue weighted by atomic mass is 9.96. The van der Waals surface area contributed by atoms with Crippen LogP contribution in [-0.2, 0) is 4.79 Å². The Balaban J connectivity index is 1.79. The normalized spacial score (nSPS) is 21.5. The summed E-state index contributed by atoms with van der Waals surface area (Å²) in [5.74, 6) is 0.809. The average molecular weight is 394 g/mol. The van der Waals surface area contributed by atoms with Gasteiger partial charge in [0, 0.05) is 36.4 Å². The Hall–Kier alpha value is -2.54. The van der Waals surface area contributed by atoms with E-state index >= 15 is 0 Å². The van der Waals surface area contributed by atoms with Gasteiger partial charge in [-0.3, -0.25) is 4.79 Å². The van der Waals surface area contributed by atoms with Gasteiger partial charge in [-0.15, -0.1) is 0 Å². The molecule has 7 nitrogen and oxygen atoms in total. The second-order valence-corrected chi connectivity index (χ2v) is 7.24. The van der Waals surface area contributed by atoms with Gasteiger partial charge in [0.25, 0.3) is 0 Å². The molecular formula is C19H24F2N4O3. The second-order valence-electron chi connectivity index (χ2n) is 7.24. The van der Waals surface area contributed by atoms with Crippen LogP contribution in [0, 0.1) is 5.92 Å². The van der Waals surface area contributed by atoms with Crippen LogP contribution in [0.4, 0.5) is 8.78 Å². The molecule has 2 aliphatic rings. The summed E-state index contributed by atoms with van der Waals surface area (Å²) < 4.78 is 35.7. The maximum Gasteiger partial charge on any atom is 0.387 e. The molecule has 1 saturated carbocycles. The highest BCUT2D eigenvalue weighted by molar-refractivity contribution is 5.76. The minimum atomic E-state index is -2.92. The third kappa shape index (κ3) is 5.04. The summed E-state index contributed by atoms with van der Waals surface area (Å²) in [6, 6.07) is 4.80. The zero-order valence-corrected chi connectivity index (χ0v) is 15.8. The van der Waals surface area contributed by atoms with Crippen molar-refractivity contribution in [2.24, 2.45) is 11.0 Å². The van der Waals surface area contributed by atoms with E-state index in [0.29, 0.717) is 37.7 Å². The van der Waals surface area contributed by atoms with Crippen LogP contribution >= 0.6 is 0 Å². The molecule has 0 aromatic heterocycles. The largest absolute Gasteiger partial charge is 0.489 e. The van der Waals surface area contributed by atoms with Gasteiger partial charge in [0.2, 0.25) is 5.91 Å². The van der Waals surface area contributed by atoms with Crippen LogP contribution in [0.3, 0.4) is 0 Å². The molecule has 28 heavy (non-hydrogen) atoms. The Morgan fingerprint density at radius 3 is 2.82 bits per heavy atom. The molecule has 152 valence electrons. The monoisotopic (exact) mass is 394 g/mol. The number of amides is 1. The first-order valence-electron chi connectivity index (χ1n) is 9.53. The number of rotatable bonds is 9. The lowest BCUT2D eigenvalue weighted by molar-refractivity contribution is -0.131. The summed E-state index contributed by atoms with van der Waals surface area (Å²) in [5.41, 5.74) is 9.50. The number of nitrogens with zero attached hydrogens (tertiary/aromatic N) is 4. The first-order valence-corrected chi connectivity index (χ1v) is 9.53. The SMILES string of the molecule is CCC(=O)N1CC(c2ccc(OC(F)F)c(OCC3CC3)c2)C[C@H]1CN=[N+]=[N-]. The Kier molecular flexibility index (Phi) is 6.57. The van der Waals surface area contributed by atoms with Crippen molar-refractivity contribution >= 4 is 5.91 Å². The Morgan fingerprint density at radius 1 is 1.39 bits per heavy atom. The maximum atomic E-state index is 12.7. The van der Waals surface area contributed by atoms with Crippen LogP contribution in [0.2, 0.25) is 0 Å². The van der Waals surface area contributed by atoms with Crippen molar-refractivity contribution in [3.8, 4) is 11.5 Å². The topological polar surface area (TPSA) is 87.5 Å². The molecule has 9 heteroatoms. The van der Waals surface area contributed by atoms with E-state index < -0.39 is 6.61 Å². The smallest absolute Gasteiger partial charge is 0.387 e. The molecule has 1 unspecified atom stereocenters. The van der Waals surface area contributed by atoms with Gasteiger partial charge in [-0.05, 0) is 48.4 Å². The maximum absolute atomic E-state index is 12.7. The molecule has 1 aliphatic heterocycles. The molecule has 1 aromatic carbocycles. The third-order valence-corrected chi connectivity index (χ3v) is 5.22. The first kappa shape index (κ1) is 20.2. The number of halogens is 2. The van der Waals surface area contributed by atoms with E-state index in [0.717, 1.165) is 18.4 Å². The third-order valence-electron chi connectivity index (χ3n) is 5.22. The zero-order valence-electron chi connectivity index (χ0n) is 15.8. The highest BCUT2D eigenvalue weighted by Crippen LogP contribution is 2.39. The summed E-state index contributed by atoms with van der Waals surface area (Å²) in [5, 5.41) is 3.63. The van der Waals surface area contributed by atoms with Gasteiger partial charge < -0.3 is 14.4 Å². The van der Waals surface area contributed by atoms with Crippen LogP contribution in [0.5, 0.6) is 11.5 Å². The second kappa shape index (κ2) is 9.10. The highest BCUT2D eigenvalue weighted by Gasteiger charge is 2.35. The summed E-state index contributed by atoms with van der Waals surface area (Å²) in [7, 11) is 0. The molecule has 2 atom stereocenters. The Bertz CT molecular complexity index is 751. The Labute approximate surface area is 162 Å². The van der Waals surface area contributed by atoms with Crippen molar-refractivity contribution < 1.29 is 23.0 Å². The van der Waals surface area contributed by atoms with Gasteiger partial charge in [-0.25, -0.2) is 0 Å². The fourth-order valence-corrected chi connectivity index (χ4v) is 3.55. The highest BCUT2D eigenvalue weighted by atomic mass is 19.3. The zero-order chi connectivity index (χ0) is 20.1. The van der Waals surface area contributed by atoms with Gasteiger partial charge in [0.1, 0.15) is 0 Å². The molecule has 2 fully saturated rings. The summed E-state index contributed by atoms with van der Waals surface area (Å²) in [6.07, 6.45) is 3.18. The van der Waals surface area contributed by atoms with E-state index in [-0.39, 0.29) is 30.2 Å². The summed E-state index contributed by atoms with van der Waals surface area (Å²) in [4.78, 5) is 16.8. The number of azide groups is 1. The number of alkyl halides is 2. The number of ether oxygens (including phenoxy) is 2. The lowest BCUT2D eigenvalue weighted by Gasteiger charge is -2.22. The summed E-state index contributed by atoms with van der Waals surface area (Å²) in [6.45, 7) is 0.0616. The molecular weight excluding hydrogens is 370 g/mol. The fraction of sp³-hybridized carbons (Fsp3) is 0.632. The van der Waals surface area contributed by atoms with Crippen molar-refractivity contribution in [2.75, 3.05) is 19.7 Å². The average Bonchev–Trinajstić information content (AvgIpc) is 3.42. The number of carbonyl (C=O) groups is 1. The van der Waals surface area contributed by atoms with E-state index in [1.807, 2.05) is 0 Å². The lowest BCUT2D eigenvalue weighted by Crippen LogP contribution is -2.36. The molecule has 0 bridgehead atoms. The van der Waals surface area contributed by atoms with Crippen LogP contribution in [0.15, 0.2) is 23.3 Å². The summed E-state index contributed by atoms with van der Waals surface area (Å²) >= 11 is 0. The van der Waals surface area contributed by atoms with Crippen LogP contribution < -0.4 is 9.47 Å². The van der Waals surface area contributed by atoms with Crippen LogP contribution in [0.25, 0.3) is 10.4 Å². The molecule has 1 amide bonds. The molecule has 1 aliphatic carbocycles. The standard InChI is InChI=1S/C19H24F2N4O3/c1-2-18(26)25-10-14(7-15(25)9-23-24-22)13-5-6-16(28-19(20)21)17(8-13)27-11-12-3-4-12/h5-6,8,12,14-15,19H,2-4,7,9-11H2,1H3/t14?,15-/m0/s1. The number of hydrogen-bond acceptors (Lipinski definition) is 4. The van der Waals surface area contributed by atoms with E-state index in [2.05, 4.69) is 14.8 Å². The molecule has 1 saturated heterocycles. The van der Waals surface area contributed by atoms with Crippen molar-refractivity contribution in [3.05, 3.63) is 34.2 Å². The number of likely N-dealkylation sites (tertiary alicyclic amines) is 1. The molecule has 0 radical (unpaired) electrons. The molecule has 3 rings (SSSR count). The van der Waals surface area contributed by atoms with E-state index in [1.165, 1.54) is 6.07 Å². The quantitative estimate of drug-likeness (QED) is 0.351. The number of benzene rings is 1. The first-order chi connectivity index (χ1) is 13.5. The van der Waals surface area contributed by atoms with Gasteiger partial charge in [-0.1, -0.05) is 18.1 Å². The number of carbonyl (C=O) groups excluding carboxylic acids is 1. The Morgan fingerprint density at radius 2 is 2.18 bits per heavy atom. The van der Waals surface area contributed by atoms with Gasteiger partial charge in [0.15, 0.2) is 11.5 Å². The van der Waals surface area contributed by atoms with Crippen molar-refractivity contribution in [1.29, 1.82) is 0 Å². The van der Waals surface area contributed by atoms with E-state index in [9.17, 15) is 13.6 Å². The van der Waals surface area contributed by atoms with E-state index in [1.54, 1.807) is 24.0 Å². The van der Waals surface area contributed by atoms with Crippen LogP contribution in [-0.4, -0.2) is 43.2 Å². The van der Waals surface area contributed by atoms with Crippen molar-refractivity contribution in [2.45, 2.75) is 51.2 Å². The molecule has 0 spiro atoms. The van der Waals surface area contributed by atoms with Gasteiger partial charge in [-0.2, -0.15) is 8.78 Å². The molecule has 0 N–H and O–H groups in total. The van der Waals surface area contributed by atoms with Gasteiger partial charge >= 0.3 is 6.61 Å². The fourth-order valence-electron chi connectivity index (χ4n) is 3.55.